The Morgan fingerprint density at radius 3 is 2.33 bits per heavy atom. The highest BCUT2D eigenvalue weighted by Crippen LogP contribution is 2.41. The van der Waals surface area contributed by atoms with E-state index >= 15 is 0 Å². The van der Waals surface area contributed by atoms with Gasteiger partial charge in [-0.05, 0) is 46.1 Å². The third-order valence-corrected chi connectivity index (χ3v) is 4.50. The van der Waals surface area contributed by atoms with Crippen LogP contribution >= 0.6 is 0 Å². The summed E-state index contributed by atoms with van der Waals surface area (Å²) >= 11 is 0. The molecule has 2 heterocycles. The van der Waals surface area contributed by atoms with Gasteiger partial charge in [0.15, 0.2) is 0 Å². The Balaban J connectivity index is 1.66. The summed E-state index contributed by atoms with van der Waals surface area (Å²) in [6, 6.07) is 1.16. The van der Waals surface area contributed by atoms with Crippen molar-refractivity contribution in [3.8, 4) is 0 Å². The molecule has 0 radical (unpaired) electrons. The first-order valence-corrected chi connectivity index (χ1v) is 7.24. The second-order valence-electron chi connectivity index (χ2n) is 5.74. The molecule has 2 atom stereocenters. The summed E-state index contributed by atoms with van der Waals surface area (Å²) in [6.07, 6.45) is 5.08. The summed E-state index contributed by atoms with van der Waals surface area (Å²) in [4.78, 5) is 2.45. The summed E-state index contributed by atoms with van der Waals surface area (Å²) in [5, 5.41) is 10.6. The van der Waals surface area contributed by atoms with E-state index in [1.165, 1.54) is 12.8 Å². The molecule has 0 aromatic heterocycles. The number of ether oxygens (including phenoxy) is 2. The van der Waals surface area contributed by atoms with Gasteiger partial charge in [0.1, 0.15) is 0 Å². The maximum Gasteiger partial charge on any atom is 0.0700 e. The van der Waals surface area contributed by atoms with Gasteiger partial charge in [0.2, 0.25) is 0 Å². The second-order valence-corrected chi connectivity index (χ2v) is 5.74. The first kappa shape index (κ1) is 14.3. The highest BCUT2D eigenvalue weighted by atomic mass is 16.5. The molecule has 0 saturated carbocycles. The third kappa shape index (κ3) is 3.44. The average Bonchev–Trinajstić information content (AvgIpc) is 2.58. The van der Waals surface area contributed by atoms with Crippen molar-refractivity contribution in [2.24, 2.45) is 0 Å². The summed E-state index contributed by atoms with van der Waals surface area (Å²) < 4.78 is 10.7. The Morgan fingerprint density at radius 2 is 1.72 bits per heavy atom. The minimum absolute atomic E-state index is 0.496. The molecular formula is C14H27NO3. The van der Waals surface area contributed by atoms with Crippen LogP contribution in [0, 0.1) is 0 Å². The summed E-state index contributed by atoms with van der Waals surface area (Å²) in [5.74, 6) is 0. The molecule has 0 spiro atoms. The van der Waals surface area contributed by atoms with Crippen molar-refractivity contribution in [3.63, 3.8) is 0 Å². The van der Waals surface area contributed by atoms with Gasteiger partial charge in [0.25, 0.3) is 0 Å². The second kappa shape index (κ2) is 6.33. The third-order valence-electron chi connectivity index (χ3n) is 4.50. The van der Waals surface area contributed by atoms with Crippen molar-refractivity contribution in [1.29, 1.82) is 0 Å². The minimum Gasteiger partial charge on any atom is -0.390 e. The molecular weight excluding hydrogens is 230 g/mol. The van der Waals surface area contributed by atoms with E-state index in [1.807, 2.05) is 6.92 Å². The average molecular weight is 257 g/mol. The van der Waals surface area contributed by atoms with Crippen LogP contribution in [0.15, 0.2) is 0 Å². The van der Waals surface area contributed by atoms with Gasteiger partial charge in [-0.15, -0.1) is 0 Å². The summed E-state index contributed by atoms with van der Waals surface area (Å²) in [6.45, 7) is 4.66. The number of piperidine rings is 1. The van der Waals surface area contributed by atoms with E-state index < -0.39 is 5.60 Å². The van der Waals surface area contributed by atoms with Crippen LogP contribution in [0.1, 0.15) is 39.0 Å². The standard InChI is InChI=1S/C14H27NO3/c1-3-17-8-9-18-7-6-14(16)10-12-4-5-13(11-14)15(12)2/h12-13,16H,3-11H2,1-2H3. The normalized spacial score (nSPS) is 36.2. The predicted molar refractivity (Wildman–Crippen MR) is 70.7 cm³/mol. The summed E-state index contributed by atoms with van der Waals surface area (Å²) in [5.41, 5.74) is -0.496. The van der Waals surface area contributed by atoms with Crippen LogP contribution < -0.4 is 0 Å². The van der Waals surface area contributed by atoms with Gasteiger partial charge in [-0.2, -0.15) is 0 Å². The number of nitrogens with zero attached hydrogens (tertiary/aromatic N) is 1. The molecule has 106 valence electrons. The van der Waals surface area contributed by atoms with Crippen LogP contribution in [0.5, 0.6) is 0 Å². The van der Waals surface area contributed by atoms with Gasteiger partial charge in [-0.25, -0.2) is 0 Å². The van der Waals surface area contributed by atoms with Crippen molar-refractivity contribution in [2.75, 3.05) is 33.5 Å². The number of aliphatic hydroxyl groups is 1. The fraction of sp³-hybridized carbons (Fsp3) is 1.00. The summed E-state index contributed by atoms with van der Waals surface area (Å²) in [7, 11) is 2.19. The van der Waals surface area contributed by atoms with E-state index in [1.54, 1.807) is 0 Å². The van der Waals surface area contributed by atoms with E-state index in [0.717, 1.165) is 25.9 Å². The quantitative estimate of drug-likeness (QED) is 0.700. The van der Waals surface area contributed by atoms with Gasteiger partial charge in [-0.3, -0.25) is 0 Å². The molecule has 2 unspecified atom stereocenters. The van der Waals surface area contributed by atoms with E-state index in [-0.39, 0.29) is 0 Å². The molecule has 0 aromatic rings. The zero-order valence-corrected chi connectivity index (χ0v) is 11.7. The number of rotatable bonds is 7. The Labute approximate surface area is 110 Å². The van der Waals surface area contributed by atoms with Gasteiger partial charge < -0.3 is 19.5 Å². The molecule has 2 bridgehead atoms. The number of hydrogen-bond acceptors (Lipinski definition) is 4. The Kier molecular flexibility index (Phi) is 5.01. The van der Waals surface area contributed by atoms with Gasteiger partial charge in [-0.1, -0.05) is 0 Å². The molecule has 2 rings (SSSR count). The van der Waals surface area contributed by atoms with Crippen LogP contribution in [-0.4, -0.2) is 61.2 Å². The number of hydrogen-bond donors (Lipinski definition) is 1. The molecule has 18 heavy (non-hydrogen) atoms. The molecule has 2 saturated heterocycles. The Morgan fingerprint density at radius 1 is 1.11 bits per heavy atom. The van der Waals surface area contributed by atoms with Crippen molar-refractivity contribution in [2.45, 2.75) is 56.7 Å². The highest BCUT2D eigenvalue weighted by Gasteiger charge is 2.45. The van der Waals surface area contributed by atoms with Crippen LogP contribution in [0.3, 0.4) is 0 Å². The minimum atomic E-state index is -0.496. The lowest BCUT2D eigenvalue weighted by Crippen LogP contribution is -2.49. The van der Waals surface area contributed by atoms with Crippen molar-refractivity contribution >= 4 is 0 Å². The molecule has 0 amide bonds. The predicted octanol–water partition coefficient (Wildman–Crippen LogP) is 1.42. The number of fused-ring (bicyclic) bond motifs is 2. The molecule has 4 heteroatoms. The lowest BCUT2D eigenvalue weighted by atomic mass is 9.84. The molecule has 0 aromatic carbocycles. The van der Waals surface area contributed by atoms with Crippen molar-refractivity contribution in [3.05, 3.63) is 0 Å². The van der Waals surface area contributed by atoms with Crippen LogP contribution in [0.4, 0.5) is 0 Å². The Bertz CT molecular complexity index is 245. The maximum atomic E-state index is 10.6. The van der Waals surface area contributed by atoms with E-state index in [9.17, 15) is 5.11 Å². The van der Waals surface area contributed by atoms with Crippen LogP contribution in [0.2, 0.25) is 0 Å². The first-order chi connectivity index (χ1) is 8.64. The largest absolute Gasteiger partial charge is 0.390 e. The van der Waals surface area contributed by atoms with E-state index in [0.29, 0.717) is 31.9 Å². The van der Waals surface area contributed by atoms with Crippen molar-refractivity contribution in [1.82, 2.24) is 4.90 Å². The van der Waals surface area contributed by atoms with Gasteiger partial charge in [0.05, 0.1) is 18.8 Å². The fourth-order valence-electron chi connectivity index (χ4n) is 3.37. The van der Waals surface area contributed by atoms with E-state index in [4.69, 9.17) is 9.47 Å². The zero-order chi connectivity index (χ0) is 13.0. The lowest BCUT2D eigenvalue weighted by molar-refractivity contribution is -0.0673. The van der Waals surface area contributed by atoms with Crippen LogP contribution in [0.25, 0.3) is 0 Å². The maximum absolute atomic E-state index is 10.6. The molecule has 4 nitrogen and oxygen atoms in total. The lowest BCUT2D eigenvalue weighted by Gasteiger charge is -2.42. The molecule has 2 aliphatic rings. The zero-order valence-electron chi connectivity index (χ0n) is 11.7. The molecule has 0 aliphatic carbocycles. The van der Waals surface area contributed by atoms with Crippen molar-refractivity contribution < 1.29 is 14.6 Å². The Hall–Kier alpha value is -0.160. The van der Waals surface area contributed by atoms with E-state index in [2.05, 4.69) is 11.9 Å². The fourth-order valence-corrected chi connectivity index (χ4v) is 3.37. The SMILES string of the molecule is CCOCCOCCC1(O)CC2CCC(C1)N2C. The smallest absolute Gasteiger partial charge is 0.0700 e. The first-order valence-electron chi connectivity index (χ1n) is 7.24. The molecule has 2 fully saturated rings. The van der Waals surface area contributed by atoms with Crippen LogP contribution in [-0.2, 0) is 9.47 Å². The van der Waals surface area contributed by atoms with Gasteiger partial charge in [0, 0.05) is 25.3 Å². The molecule has 1 N–H and O–H groups in total. The highest BCUT2D eigenvalue weighted by molar-refractivity contribution is 5.00. The topological polar surface area (TPSA) is 41.9 Å². The monoisotopic (exact) mass is 257 g/mol. The van der Waals surface area contributed by atoms with Gasteiger partial charge >= 0.3 is 0 Å². The molecule has 2 aliphatic heterocycles.